The van der Waals surface area contributed by atoms with Gasteiger partial charge in [0.05, 0.1) is 11.1 Å². The molecule has 0 saturated heterocycles. The van der Waals surface area contributed by atoms with Crippen LogP contribution in [0.4, 0.5) is 13.2 Å². The topological polar surface area (TPSA) is 28.7 Å². The first-order valence-corrected chi connectivity index (χ1v) is 4.75. The summed E-state index contributed by atoms with van der Waals surface area (Å²) in [5, 5.41) is 0. The van der Waals surface area contributed by atoms with Crippen molar-refractivity contribution in [3.8, 4) is 0 Å². The second-order valence-corrected chi connectivity index (χ2v) is 4.25. The van der Waals surface area contributed by atoms with Crippen molar-refractivity contribution in [2.24, 2.45) is 0 Å². The molecule has 74 valence electrons. The van der Waals surface area contributed by atoms with Gasteiger partial charge in [0.25, 0.3) is 0 Å². The summed E-state index contributed by atoms with van der Waals surface area (Å²) >= 11 is 5.94. The van der Waals surface area contributed by atoms with E-state index >= 15 is 0 Å². The molecule has 1 N–H and O–H groups in total. The number of H-pyrrole nitrogens is 1. The molecule has 0 saturated carbocycles. The minimum Gasteiger partial charge on any atom is -0.336 e. The molecule has 0 fully saturated rings. The SMILES string of the molecule is FC(F)(F)c1cnc2sc(=S)[nH]c2c1. The second kappa shape index (κ2) is 3.03. The maximum Gasteiger partial charge on any atom is 0.417 e. The molecule has 0 aliphatic carbocycles. The molecule has 0 bridgehead atoms. The molecule has 2 nitrogen and oxygen atoms in total. The van der Waals surface area contributed by atoms with E-state index in [1.807, 2.05) is 0 Å². The van der Waals surface area contributed by atoms with Crippen molar-refractivity contribution in [3.05, 3.63) is 21.8 Å². The summed E-state index contributed by atoms with van der Waals surface area (Å²) in [5.74, 6) is 0. The Morgan fingerprint density at radius 3 is 2.79 bits per heavy atom. The second-order valence-electron chi connectivity index (χ2n) is 2.59. The molecule has 0 aliphatic heterocycles. The number of pyridine rings is 1. The average molecular weight is 236 g/mol. The predicted octanol–water partition coefficient (Wildman–Crippen LogP) is 3.37. The number of halogens is 3. The van der Waals surface area contributed by atoms with E-state index in [9.17, 15) is 13.2 Å². The van der Waals surface area contributed by atoms with Gasteiger partial charge in [-0.3, -0.25) is 0 Å². The summed E-state index contributed by atoms with van der Waals surface area (Å²) in [6.07, 6.45) is -3.56. The van der Waals surface area contributed by atoms with Crippen LogP contribution in [-0.2, 0) is 6.18 Å². The van der Waals surface area contributed by atoms with Gasteiger partial charge in [0.2, 0.25) is 0 Å². The van der Waals surface area contributed by atoms with Crippen molar-refractivity contribution in [2.75, 3.05) is 0 Å². The van der Waals surface area contributed by atoms with Gasteiger partial charge in [0, 0.05) is 6.20 Å². The van der Waals surface area contributed by atoms with Gasteiger partial charge in [-0.1, -0.05) is 11.3 Å². The van der Waals surface area contributed by atoms with Crippen LogP contribution < -0.4 is 0 Å². The van der Waals surface area contributed by atoms with Gasteiger partial charge in [-0.2, -0.15) is 13.2 Å². The third kappa shape index (κ3) is 1.64. The van der Waals surface area contributed by atoms with E-state index in [-0.39, 0.29) is 0 Å². The molecule has 0 aromatic carbocycles. The van der Waals surface area contributed by atoms with Crippen molar-refractivity contribution in [2.45, 2.75) is 6.18 Å². The molecule has 7 heteroatoms. The highest BCUT2D eigenvalue weighted by atomic mass is 32.1. The maximum absolute atomic E-state index is 12.2. The molecule has 0 amide bonds. The molecular formula is C7H3F3N2S2. The number of aromatic amines is 1. The third-order valence-corrected chi connectivity index (χ3v) is 2.76. The minimum atomic E-state index is -4.36. The molecule has 2 aromatic rings. The van der Waals surface area contributed by atoms with E-state index < -0.39 is 11.7 Å². The van der Waals surface area contributed by atoms with E-state index in [0.29, 0.717) is 14.3 Å². The van der Waals surface area contributed by atoms with Gasteiger partial charge in [0.15, 0.2) is 3.95 Å². The highest BCUT2D eigenvalue weighted by molar-refractivity contribution is 7.73. The lowest BCUT2D eigenvalue weighted by molar-refractivity contribution is -0.137. The van der Waals surface area contributed by atoms with Crippen LogP contribution in [0.3, 0.4) is 0 Å². The summed E-state index contributed by atoms with van der Waals surface area (Å²) in [5.41, 5.74) is -0.441. The van der Waals surface area contributed by atoms with E-state index in [0.717, 1.165) is 23.6 Å². The van der Waals surface area contributed by atoms with Gasteiger partial charge in [0.1, 0.15) is 4.83 Å². The quantitative estimate of drug-likeness (QED) is 0.710. The molecule has 2 aromatic heterocycles. The molecule has 0 spiro atoms. The fraction of sp³-hybridized carbons (Fsp3) is 0.143. The predicted molar refractivity (Wildman–Crippen MR) is 49.8 cm³/mol. The van der Waals surface area contributed by atoms with Gasteiger partial charge < -0.3 is 4.98 Å². The number of thiazole rings is 1. The molecule has 0 radical (unpaired) electrons. The smallest absolute Gasteiger partial charge is 0.336 e. The fourth-order valence-corrected chi connectivity index (χ4v) is 2.01. The molecule has 0 atom stereocenters. The summed E-state index contributed by atoms with van der Waals surface area (Å²) in [4.78, 5) is 6.80. The van der Waals surface area contributed by atoms with Crippen molar-refractivity contribution in [3.63, 3.8) is 0 Å². The lowest BCUT2D eigenvalue weighted by atomic mass is 10.3. The first-order valence-electron chi connectivity index (χ1n) is 3.53. The van der Waals surface area contributed by atoms with Crippen LogP contribution in [0.15, 0.2) is 12.3 Å². The largest absolute Gasteiger partial charge is 0.417 e. The molecule has 0 aliphatic rings. The number of nitrogens with one attached hydrogen (secondary N) is 1. The van der Waals surface area contributed by atoms with Crippen molar-refractivity contribution in [1.29, 1.82) is 0 Å². The zero-order chi connectivity index (χ0) is 10.3. The maximum atomic E-state index is 12.2. The number of alkyl halides is 3. The summed E-state index contributed by atoms with van der Waals surface area (Å²) in [7, 11) is 0. The highest BCUT2D eigenvalue weighted by Gasteiger charge is 2.31. The lowest BCUT2D eigenvalue weighted by Crippen LogP contribution is -2.04. The van der Waals surface area contributed by atoms with Crippen LogP contribution in [-0.4, -0.2) is 9.97 Å². The van der Waals surface area contributed by atoms with E-state index in [4.69, 9.17) is 12.2 Å². The van der Waals surface area contributed by atoms with Crippen molar-refractivity contribution >= 4 is 33.9 Å². The van der Waals surface area contributed by atoms with E-state index in [2.05, 4.69) is 9.97 Å². The van der Waals surface area contributed by atoms with Gasteiger partial charge >= 0.3 is 6.18 Å². The van der Waals surface area contributed by atoms with Gasteiger partial charge in [-0.25, -0.2) is 4.98 Å². The number of nitrogens with zero attached hydrogens (tertiary/aromatic N) is 1. The number of hydrogen-bond donors (Lipinski definition) is 1. The van der Waals surface area contributed by atoms with Crippen LogP contribution in [0.1, 0.15) is 5.56 Å². The van der Waals surface area contributed by atoms with Crippen LogP contribution in [0.5, 0.6) is 0 Å². The number of aromatic nitrogens is 2. The fourth-order valence-electron chi connectivity index (χ4n) is 1.00. The van der Waals surface area contributed by atoms with Crippen LogP contribution in [0, 0.1) is 3.95 Å². The zero-order valence-electron chi connectivity index (χ0n) is 6.55. The normalized spacial score (nSPS) is 12.2. The Labute approximate surface area is 85.4 Å². The molecule has 14 heavy (non-hydrogen) atoms. The van der Waals surface area contributed by atoms with Gasteiger partial charge in [-0.05, 0) is 18.3 Å². The Morgan fingerprint density at radius 1 is 1.43 bits per heavy atom. The summed E-state index contributed by atoms with van der Waals surface area (Å²) in [6.45, 7) is 0. The molecule has 0 unspecified atom stereocenters. The Bertz CT molecular complexity index is 525. The minimum absolute atomic E-state index is 0.329. The zero-order valence-corrected chi connectivity index (χ0v) is 8.19. The Kier molecular flexibility index (Phi) is 2.07. The molecule has 2 rings (SSSR count). The van der Waals surface area contributed by atoms with Crippen LogP contribution in [0.2, 0.25) is 0 Å². The van der Waals surface area contributed by atoms with Crippen LogP contribution in [0.25, 0.3) is 10.3 Å². The lowest BCUT2D eigenvalue weighted by Gasteiger charge is -2.04. The van der Waals surface area contributed by atoms with Crippen LogP contribution >= 0.6 is 23.6 Å². The number of fused-ring (bicyclic) bond motifs is 1. The molecular weight excluding hydrogens is 233 g/mol. The van der Waals surface area contributed by atoms with Crippen molar-refractivity contribution in [1.82, 2.24) is 9.97 Å². The van der Waals surface area contributed by atoms with E-state index in [1.54, 1.807) is 0 Å². The standard InChI is InChI=1S/C7H3F3N2S2/c8-7(9,10)3-1-4-5(11-2-3)14-6(13)12-4/h1-2H,(H,12,13). The molecule has 2 heterocycles. The third-order valence-electron chi connectivity index (χ3n) is 1.60. The number of rotatable bonds is 0. The number of hydrogen-bond acceptors (Lipinski definition) is 3. The first-order chi connectivity index (χ1) is 6.47. The summed E-state index contributed by atoms with van der Waals surface area (Å²) in [6, 6.07) is 1.01. The Balaban J connectivity index is 2.67. The summed E-state index contributed by atoms with van der Waals surface area (Å²) < 4.78 is 37.2. The first kappa shape index (κ1) is 9.60. The Hall–Kier alpha value is -0.950. The monoisotopic (exact) mass is 236 g/mol. The van der Waals surface area contributed by atoms with E-state index in [1.165, 1.54) is 0 Å². The average Bonchev–Trinajstić information content (AvgIpc) is 2.41. The van der Waals surface area contributed by atoms with Crippen molar-refractivity contribution < 1.29 is 13.2 Å². The van der Waals surface area contributed by atoms with Gasteiger partial charge in [-0.15, -0.1) is 0 Å². The highest BCUT2D eigenvalue weighted by Crippen LogP contribution is 2.30. The Morgan fingerprint density at radius 2 is 2.14 bits per heavy atom.